The summed E-state index contributed by atoms with van der Waals surface area (Å²) in [5, 5.41) is 15.4. The lowest BCUT2D eigenvalue weighted by atomic mass is 10.1. The van der Waals surface area contributed by atoms with Gasteiger partial charge < -0.3 is 25.9 Å². The summed E-state index contributed by atoms with van der Waals surface area (Å²) in [6.07, 6.45) is -2.04. The quantitative estimate of drug-likeness (QED) is 0.167. The molecule has 0 spiro atoms. The smallest absolute Gasteiger partial charge is 0.475 e. The van der Waals surface area contributed by atoms with E-state index in [1.165, 1.54) is 12.5 Å². The first-order chi connectivity index (χ1) is 21.1. The molecular weight excluding hydrogens is 577 g/mol. The Hall–Kier alpha value is -5.82. The van der Waals surface area contributed by atoms with E-state index in [1.54, 1.807) is 12.1 Å². The van der Waals surface area contributed by atoms with E-state index < -0.39 is 12.1 Å². The molecule has 0 atom stereocenters. The number of nitrogens with two attached hydrogens (primary N) is 1. The summed E-state index contributed by atoms with van der Waals surface area (Å²) >= 11 is 0. The fraction of sp³-hybridized carbons (Fsp3) is 0.0645. The summed E-state index contributed by atoms with van der Waals surface area (Å²) < 4.78 is 37.9. The Balaban J connectivity index is 0.000000493. The van der Waals surface area contributed by atoms with Gasteiger partial charge in [-0.3, -0.25) is 9.78 Å². The minimum absolute atomic E-state index is 0.239. The number of aliphatic carboxylic acids is 1. The Bertz CT molecular complexity index is 1940. The highest BCUT2D eigenvalue weighted by Gasteiger charge is 2.38. The number of fused-ring (bicyclic) bond motifs is 3. The molecule has 0 bridgehead atoms. The maximum absolute atomic E-state index is 12.5. The van der Waals surface area contributed by atoms with Gasteiger partial charge in [-0.1, -0.05) is 30.3 Å². The highest BCUT2D eigenvalue weighted by Crippen LogP contribution is 2.35. The van der Waals surface area contributed by atoms with Crippen LogP contribution in [0.25, 0.3) is 33.2 Å². The van der Waals surface area contributed by atoms with Gasteiger partial charge in [-0.15, -0.1) is 0 Å². The second kappa shape index (κ2) is 12.6. The van der Waals surface area contributed by atoms with Gasteiger partial charge in [-0.2, -0.15) is 13.2 Å². The summed E-state index contributed by atoms with van der Waals surface area (Å²) in [6, 6.07) is 26.7. The fourth-order valence-electron chi connectivity index (χ4n) is 4.19. The zero-order chi connectivity index (χ0) is 31.3. The molecule has 0 unspecified atom stereocenters. The van der Waals surface area contributed by atoms with Gasteiger partial charge in [-0.05, 0) is 48.5 Å². The SMILES string of the molecule is NCc1ccc(C(=O)Nc2ccc(Nc3cc(-c4cccc5c4oc4ccccc45)ncn3)cc2)cn1.O=C(O)C(F)(F)F. The van der Waals surface area contributed by atoms with Crippen LogP contribution in [0.1, 0.15) is 16.1 Å². The van der Waals surface area contributed by atoms with Crippen LogP contribution in [0.4, 0.5) is 30.4 Å². The molecule has 0 radical (unpaired) electrons. The third-order valence-corrected chi connectivity index (χ3v) is 6.30. The van der Waals surface area contributed by atoms with Crippen molar-refractivity contribution in [2.24, 2.45) is 5.73 Å². The number of pyridine rings is 1. The second-order valence-electron chi connectivity index (χ2n) is 9.27. The maximum atomic E-state index is 12.5. The predicted molar refractivity (Wildman–Crippen MR) is 158 cm³/mol. The van der Waals surface area contributed by atoms with Crippen molar-refractivity contribution in [1.29, 1.82) is 0 Å². The number of amides is 1. The number of carbonyl (C=O) groups excluding carboxylic acids is 1. The summed E-state index contributed by atoms with van der Waals surface area (Å²) in [6.45, 7) is 0.333. The van der Waals surface area contributed by atoms with E-state index in [0.29, 0.717) is 23.6 Å². The fourth-order valence-corrected chi connectivity index (χ4v) is 4.19. The molecule has 0 fully saturated rings. The molecule has 3 aromatic heterocycles. The zero-order valence-corrected chi connectivity index (χ0v) is 22.7. The summed E-state index contributed by atoms with van der Waals surface area (Å²) in [7, 11) is 0. The summed E-state index contributed by atoms with van der Waals surface area (Å²) in [4.78, 5) is 34.4. The minimum atomic E-state index is -5.08. The molecule has 1 amide bonds. The van der Waals surface area contributed by atoms with E-state index in [4.69, 9.17) is 20.1 Å². The van der Waals surface area contributed by atoms with Crippen molar-refractivity contribution >= 4 is 51.0 Å². The molecule has 3 aromatic carbocycles. The molecule has 10 nitrogen and oxygen atoms in total. The summed E-state index contributed by atoms with van der Waals surface area (Å²) in [5.41, 5.74) is 11.5. The first kappa shape index (κ1) is 29.7. The van der Waals surface area contributed by atoms with Crippen LogP contribution < -0.4 is 16.4 Å². The number of hydrogen-bond donors (Lipinski definition) is 4. The molecule has 0 aliphatic rings. The number of nitrogens with one attached hydrogen (secondary N) is 2. The Morgan fingerprint density at radius 1 is 0.864 bits per heavy atom. The number of halogens is 3. The minimum Gasteiger partial charge on any atom is -0.475 e. The highest BCUT2D eigenvalue weighted by molar-refractivity contribution is 6.09. The molecule has 0 saturated carbocycles. The van der Waals surface area contributed by atoms with Crippen molar-refractivity contribution in [2.75, 3.05) is 10.6 Å². The number of benzene rings is 3. The Kier molecular flexibility index (Phi) is 8.49. The van der Waals surface area contributed by atoms with E-state index >= 15 is 0 Å². The lowest BCUT2D eigenvalue weighted by Gasteiger charge is -2.09. The molecule has 0 saturated heterocycles. The number of nitrogens with zero attached hydrogens (tertiary/aromatic N) is 3. The molecule has 6 rings (SSSR count). The number of rotatable bonds is 6. The van der Waals surface area contributed by atoms with Crippen LogP contribution in [-0.4, -0.2) is 38.1 Å². The average Bonchev–Trinajstić information content (AvgIpc) is 3.41. The predicted octanol–water partition coefficient (Wildman–Crippen LogP) is 6.53. The first-order valence-electron chi connectivity index (χ1n) is 13.0. The molecule has 0 aliphatic heterocycles. The monoisotopic (exact) mass is 600 g/mol. The van der Waals surface area contributed by atoms with E-state index in [1.807, 2.05) is 60.7 Å². The van der Waals surface area contributed by atoms with E-state index in [2.05, 4.69) is 37.7 Å². The highest BCUT2D eigenvalue weighted by atomic mass is 19.4. The molecule has 0 aliphatic carbocycles. The zero-order valence-electron chi connectivity index (χ0n) is 22.7. The third kappa shape index (κ3) is 6.79. The van der Waals surface area contributed by atoms with Crippen LogP contribution >= 0.6 is 0 Å². The lowest BCUT2D eigenvalue weighted by Crippen LogP contribution is -2.21. The number of hydrogen-bond acceptors (Lipinski definition) is 8. The van der Waals surface area contributed by atoms with Crippen LogP contribution in [0.2, 0.25) is 0 Å². The van der Waals surface area contributed by atoms with Gasteiger partial charge in [-0.25, -0.2) is 14.8 Å². The number of aromatic nitrogens is 3. The molecule has 5 N–H and O–H groups in total. The summed E-state index contributed by atoms with van der Waals surface area (Å²) in [5.74, 6) is -2.36. The number of carboxylic acids is 1. The van der Waals surface area contributed by atoms with Crippen LogP contribution in [0, 0.1) is 0 Å². The van der Waals surface area contributed by atoms with Gasteiger partial charge in [0.2, 0.25) is 0 Å². The van der Waals surface area contributed by atoms with Crippen LogP contribution in [0.3, 0.4) is 0 Å². The normalized spacial score (nSPS) is 11.1. The molecule has 222 valence electrons. The van der Waals surface area contributed by atoms with Crippen LogP contribution in [-0.2, 0) is 11.3 Å². The number of carbonyl (C=O) groups is 2. The van der Waals surface area contributed by atoms with Crippen molar-refractivity contribution in [2.45, 2.75) is 12.7 Å². The van der Waals surface area contributed by atoms with Crippen molar-refractivity contribution in [1.82, 2.24) is 15.0 Å². The molecule has 44 heavy (non-hydrogen) atoms. The molecular formula is C31H23F3N6O4. The Morgan fingerprint density at radius 2 is 1.57 bits per heavy atom. The topological polar surface area (TPSA) is 156 Å². The van der Waals surface area contributed by atoms with Gasteiger partial charge in [0.05, 0.1) is 17.0 Å². The lowest BCUT2D eigenvalue weighted by molar-refractivity contribution is -0.192. The number of alkyl halides is 3. The van der Waals surface area contributed by atoms with Crippen LogP contribution in [0.5, 0.6) is 0 Å². The number of para-hydroxylation sites is 2. The standard InChI is InChI=1S/C29H22N6O2.C2HF3O2/c30-15-21-9-8-18(16-31-21)29(36)35-20-12-10-19(11-13-20)34-27-14-25(32-17-33-27)24-6-3-5-23-22-4-1-2-7-26(22)37-28(23)24;3-2(4,5)1(6)7/h1-14,16-17H,15,30H2,(H,35,36)(H,32,33,34);(H,6,7). The van der Waals surface area contributed by atoms with Gasteiger partial charge in [0.15, 0.2) is 0 Å². The van der Waals surface area contributed by atoms with E-state index in [9.17, 15) is 18.0 Å². The Labute approximate surface area is 247 Å². The molecule has 13 heteroatoms. The van der Waals surface area contributed by atoms with Crippen molar-refractivity contribution < 1.29 is 32.3 Å². The van der Waals surface area contributed by atoms with Crippen molar-refractivity contribution in [3.05, 3.63) is 109 Å². The number of carboxylic acid groups (broad SMARTS) is 1. The maximum Gasteiger partial charge on any atom is 0.490 e. The van der Waals surface area contributed by atoms with Gasteiger partial charge in [0.1, 0.15) is 23.3 Å². The van der Waals surface area contributed by atoms with Crippen LogP contribution in [0.15, 0.2) is 102 Å². The van der Waals surface area contributed by atoms with E-state index in [-0.39, 0.29) is 5.91 Å². The number of furan rings is 1. The van der Waals surface area contributed by atoms with Gasteiger partial charge in [0.25, 0.3) is 5.91 Å². The van der Waals surface area contributed by atoms with Gasteiger partial charge in [0, 0.05) is 46.5 Å². The van der Waals surface area contributed by atoms with Crippen molar-refractivity contribution in [3.63, 3.8) is 0 Å². The average molecular weight is 601 g/mol. The van der Waals surface area contributed by atoms with E-state index in [0.717, 1.165) is 44.6 Å². The Morgan fingerprint density at radius 3 is 2.25 bits per heavy atom. The largest absolute Gasteiger partial charge is 0.490 e. The van der Waals surface area contributed by atoms with Crippen molar-refractivity contribution in [3.8, 4) is 11.3 Å². The number of anilines is 3. The third-order valence-electron chi connectivity index (χ3n) is 6.30. The molecule has 3 heterocycles. The first-order valence-corrected chi connectivity index (χ1v) is 13.0. The second-order valence-corrected chi connectivity index (χ2v) is 9.27. The van der Waals surface area contributed by atoms with Gasteiger partial charge >= 0.3 is 12.1 Å². The molecule has 6 aromatic rings.